The third-order valence-corrected chi connectivity index (χ3v) is 6.06. The van der Waals surface area contributed by atoms with Gasteiger partial charge in [-0.1, -0.05) is 0 Å². The van der Waals surface area contributed by atoms with Crippen molar-refractivity contribution in [3.63, 3.8) is 0 Å². The average molecular weight is 411 g/mol. The van der Waals surface area contributed by atoms with Gasteiger partial charge in [-0.25, -0.2) is 13.2 Å². The van der Waals surface area contributed by atoms with E-state index in [4.69, 9.17) is 5.11 Å². The maximum absolute atomic E-state index is 12.4. The van der Waals surface area contributed by atoms with Crippen molar-refractivity contribution in [3.8, 4) is 0 Å². The molecule has 1 aromatic carbocycles. The minimum atomic E-state index is -3.70. The van der Waals surface area contributed by atoms with E-state index >= 15 is 0 Å². The van der Waals surface area contributed by atoms with E-state index in [2.05, 4.69) is 0 Å². The second-order valence-corrected chi connectivity index (χ2v) is 7.68. The van der Waals surface area contributed by atoms with Crippen LogP contribution in [0.2, 0.25) is 0 Å². The zero-order chi connectivity index (χ0) is 14.9. The summed E-state index contributed by atoms with van der Waals surface area (Å²) in [5, 5.41) is 18.5. The lowest BCUT2D eigenvalue weighted by Crippen LogP contribution is -2.40. The van der Waals surface area contributed by atoms with Gasteiger partial charge >= 0.3 is 5.97 Å². The number of sulfonamides is 1. The first kappa shape index (κ1) is 15.7. The van der Waals surface area contributed by atoms with Gasteiger partial charge in [0, 0.05) is 16.7 Å². The van der Waals surface area contributed by atoms with Gasteiger partial charge in [-0.3, -0.25) is 0 Å². The number of carboxylic acids is 1. The summed E-state index contributed by atoms with van der Waals surface area (Å²) in [5.41, 5.74) is -0.0243. The molecule has 6 nitrogen and oxygen atoms in total. The Morgan fingerprint density at radius 3 is 2.45 bits per heavy atom. The Balaban J connectivity index is 2.35. The van der Waals surface area contributed by atoms with Gasteiger partial charge in [0.15, 0.2) is 0 Å². The van der Waals surface area contributed by atoms with Crippen molar-refractivity contribution in [1.82, 2.24) is 4.31 Å². The lowest BCUT2D eigenvalue weighted by molar-refractivity contribution is 0.0695. The number of aromatic carboxylic acids is 1. The van der Waals surface area contributed by atoms with E-state index in [0.29, 0.717) is 16.4 Å². The van der Waals surface area contributed by atoms with Crippen molar-refractivity contribution in [2.24, 2.45) is 0 Å². The van der Waals surface area contributed by atoms with Crippen LogP contribution >= 0.6 is 22.6 Å². The quantitative estimate of drug-likeness (QED) is 0.728. The van der Waals surface area contributed by atoms with E-state index in [1.807, 2.05) is 22.6 Å². The molecule has 2 rings (SSSR count). The van der Waals surface area contributed by atoms with Crippen LogP contribution < -0.4 is 0 Å². The molecule has 0 saturated carbocycles. The number of rotatable bonds is 3. The highest BCUT2D eigenvalue weighted by Crippen LogP contribution is 2.23. The summed E-state index contributed by atoms with van der Waals surface area (Å²) < 4.78 is 26.6. The minimum Gasteiger partial charge on any atom is -0.478 e. The molecule has 1 saturated heterocycles. The predicted octanol–water partition coefficient (Wildman–Crippen LogP) is 1.13. The Bertz CT molecular complexity index is 623. The van der Waals surface area contributed by atoms with Gasteiger partial charge in [0.2, 0.25) is 10.0 Å². The highest BCUT2D eigenvalue weighted by Gasteiger charge is 2.29. The summed E-state index contributed by atoms with van der Waals surface area (Å²) in [6.07, 6.45) is 0.331. The number of aliphatic hydroxyl groups excluding tert-OH is 1. The molecule has 0 unspecified atom stereocenters. The SMILES string of the molecule is O=C(O)c1cc(S(=O)(=O)N2CCC(O)CC2)ccc1I. The fraction of sp³-hybridized carbons (Fsp3) is 0.417. The lowest BCUT2D eigenvalue weighted by Gasteiger charge is -2.28. The Labute approximate surface area is 130 Å². The molecule has 0 aliphatic carbocycles. The molecule has 1 heterocycles. The van der Waals surface area contributed by atoms with Crippen LogP contribution in [0.15, 0.2) is 23.1 Å². The van der Waals surface area contributed by atoms with Gasteiger partial charge in [0.05, 0.1) is 16.6 Å². The summed E-state index contributed by atoms with van der Waals surface area (Å²) in [6.45, 7) is 0.496. The molecular weight excluding hydrogens is 397 g/mol. The van der Waals surface area contributed by atoms with Gasteiger partial charge < -0.3 is 10.2 Å². The number of carbonyl (C=O) groups is 1. The minimum absolute atomic E-state index is 0.0216. The number of piperidine rings is 1. The molecule has 0 aromatic heterocycles. The summed E-state index contributed by atoms with van der Waals surface area (Å²) in [4.78, 5) is 11.1. The zero-order valence-electron chi connectivity index (χ0n) is 10.5. The highest BCUT2D eigenvalue weighted by atomic mass is 127. The monoisotopic (exact) mass is 411 g/mol. The molecule has 2 N–H and O–H groups in total. The van der Waals surface area contributed by atoms with Crippen LogP contribution in [-0.4, -0.2) is 48.1 Å². The maximum atomic E-state index is 12.4. The van der Waals surface area contributed by atoms with E-state index in [0.717, 1.165) is 0 Å². The number of hydrogen-bond donors (Lipinski definition) is 2. The number of carboxylic acid groups (broad SMARTS) is 1. The van der Waals surface area contributed by atoms with Crippen molar-refractivity contribution < 1.29 is 23.4 Å². The molecule has 20 heavy (non-hydrogen) atoms. The van der Waals surface area contributed by atoms with Gasteiger partial charge in [0.25, 0.3) is 0 Å². The van der Waals surface area contributed by atoms with Crippen LogP contribution in [0.4, 0.5) is 0 Å². The van der Waals surface area contributed by atoms with Gasteiger partial charge in [-0.05, 0) is 53.6 Å². The van der Waals surface area contributed by atoms with Crippen molar-refractivity contribution >= 4 is 38.6 Å². The van der Waals surface area contributed by atoms with Crippen molar-refractivity contribution in [2.75, 3.05) is 13.1 Å². The smallest absolute Gasteiger partial charge is 0.336 e. The van der Waals surface area contributed by atoms with E-state index in [1.165, 1.54) is 22.5 Å². The standard InChI is InChI=1S/C12H14INO5S/c13-11-2-1-9(7-10(11)12(16)17)20(18,19)14-5-3-8(15)4-6-14/h1-2,7-8,15H,3-6H2,(H,16,17). The Kier molecular flexibility index (Phi) is 4.67. The molecule has 0 bridgehead atoms. The fourth-order valence-corrected chi connectivity index (χ4v) is 4.12. The van der Waals surface area contributed by atoms with E-state index in [9.17, 15) is 18.3 Å². The number of benzene rings is 1. The molecule has 1 aromatic rings. The van der Waals surface area contributed by atoms with Crippen LogP contribution in [-0.2, 0) is 10.0 Å². The first-order chi connectivity index (χ1) is 9.32. The predicted molar refractivity (Wildman–Crippen MR) is 80.1 cm³/mol. The molecule has 1 fully saturated rings. The Morgan fingerprint density at radius 1 is 1.30 bits per heavy atom. The second kappa shape index (κ2) is 5.96. The fourth-order valence-electron chi connectivity index (χ4n) is 2.06. The van der Waals surface area contributed by atoms with Crippen LogP contribution in [0, 0.1) is 3.57 Å². The molecule has 1 aliphatic rings. The van der Waals surface area contributed by atoms with Gasteiger partial charge in [-0.15, -0.1) is 0 Å². The van der Waals surface area contributed by atoms with Crippen LogP contribution in [0.25, 0.3) is 0 Å². The van der Waals surface area contributed by atoms with E-state index in [1.54, 1.807) is 0 Å². The van der Waals surface area contributed by atoms with Crippen molar-refractivity contribution in [3.05, 3.63) is 27.3 Å². The van der Waals surface area contributed by atoms with Gasteiger partial charge in [-0.2, -0.15) is 4.31 Å². The second-order valence-electron chi connectivity index (χ2n) is 4.58. The Morgan fingerprint density at radius 2 is 1.90 bits per heavy atom. The van der Waals surface area contributed by atoms with Crippen LogP contribution in [0.3, 0.4) is 0 Å². The highest BCUT2D eigenvalue weighted by molar-refractivity contribution is 14.1. The molecule has 0 amide bonds. The largest absolute Gasteiger partial charge is 0.478 e. The molecule has 0 spiro atoms. The average Bonchev–Trinajstić information content (AvgIpc) is 2.39. The normalized spacial score (nSPS) is 18.1. The van der Waals surface area contributed by atoms with Crippen molar-refractivity contribution in [1.29, 1.82) is 0 Å². The van der Waals surface area contributed by atoms with E-state index < -0.39 is 22.1 Å². The van der Waals surface area contributed by atoms with Crippen LogP contribution in [0.1, 0.15) is 23.2 Å². The summed E-state index contributed by atoms with van der Waals surface area (Å²) in [7, 11) is -3.70. The number of halogens is 1. The maximum Gasteiger partial charge on any atom is 0.336 e. The number of hydrogen-bond acceptors (Lipinski definition) is 4. The third kappa shape index (κ3) is 3.13. The van der Waals surface area contributed by atoms with Crippen LogP contribution in [0.5, 0.6) is 0 Å². The Hall–Kier alpha value is -0.710. The zero-order valence-corrected chi connectivity index (χ0v) is 13.5. The molecule has 1 aliphatic heterocycles. The molecular formula is C12H14INO5S. The lowest BCUT2D eigenvalue weighted by atomic mass is 10.1. The van der Waals surface area contributed by atoms with E-state index in [-0.39, 0.29) is 23.5 Å². The molecule has 110 valence electrons. The molecule has 0 atom stereocenters. The van der Waals surface area contributed by atoms with Crippen molar-refractivity contribution in [2.45, 2.75) is 23.8 Å². The molecule has 8 heteroatoms. The first-order valence-corrected chi connectivity index (χ1v) is 8.55. The summed E-state index contributed by atoms with van der Waals surface area (Å²) in [5.74, 6) is -1.15. The summed E-state index contributed by atoms with van der Waals surface area (Å²) in [6, 6.07) is 4.08. The number of nitrogens with zero attached hydrogens (tertiary/aromatic N) is 1. The number of aliphatic hydroxyl groups is 1. The summed E-state index contributed by atoms with van der Waals surface area (Å²) >= 11 is 1.86. The topological polar surface area (TPSA) is 94.9 Å². The third-order valence-electron chi connectivity index (χ3n) is 3.23. The first-order valence-electron chi connectivity index (χ1n) is 6.03. The van der Waals surface area contributed by atoms with Gasteiger partial charge in [0.1, 0.15) is 0 Å². The molecule has 0 radical (unpaired) electrons.